The second-order valence-electron chi connectivity index (χ2n) is 13.0. The van der Waals surface area contributed by atoms with E-state index >= 15 is 0 Å². The van der Waals surface area contributed by atoms with Crippen LogP contribution in [0.5, 0.6) is 0 Å². The number of hydrogen-bond donors (Lipinski definition) is 3. The molecule has 2 atom stereocenters. The van der Waals surface area contributed by atoms with Crippen LogP contribution in [0, 0.1) is 5.92 Å². The molecule has 2 saturated heterocycles. The number of amides is 3. The second-order valence-corrected chi connectivity index (χ2v) is 13.0. The van der Waals surface area contributed by atoms with Gasteiger partial charge < -0.3 is 20.9 Å². The van der Waals surface area contributed by atoms with Gasteiger partial charge in [0.2, 0.25) is 0 Å². The molecule has 7 heteroatoms. The van der Waals surface area contributed by atoms with E-state index in [-0.39, 0.29) is 18.0 Å². The van der Waals surface area contributed by atoms with E-state index in [1.165, 1.54) is 43.2 Å². The summed E-state index contributed by atoms with van der Waals surface area (Å²) in [6.07, 6.45) is 10.2. The summed E-state index contributed by atoms with van der Waals surface area (Å²) in [4.78, 5) is 31.1. The number of fused-ring (bicyclic) bond motifs is 2. The fourth-order valence-electron chi connectivity index (χ4n) is 7.26. The van der Waals surface area contributed by atoms with Gasteiger partial charge in [0.25, 0.3) is 5.91 Å². The molecule has 2 aliphatic rings. The summed E-state index contributed by atoms with van der Waals surface area (Å²) in [6, 6.07) is 28.3. The zero-order chi connectivity index (χ0) is 31.6. The van der Waals surface area contributed by atoms with E-state index in [1.807, 2.05) is 37.2 Å². The van der Waals surface area contributed by atoms with Gasteiger partial charge >= 0.3 is 6.03 Å². The molecule has 3 aromatic rings. The highest BCUT2D eigenvalue weighted by Crippen LogP contribution is 2.45. The normalized spacial score (nSPS) is 19.3. The smallest absolute Gasteiger partial charge is 0.319 e. The predicted molar refractivity (Wildman–Crippen MR) is 185 cm³/mol. The number of carbonyl (C=O) groups is 2. The Hall–Kier alpha value is -3.84. The van der Waals surface area contributed by atoms with Crippen molar-refractivity contribution < 1.29 is 9.59 Å². The van der Waals surface area contributed by atoms with Crippen molar-refractivity contribution >= 4 is 23.3 Å². The summed E-state index contributed by atoms with van der Waals surface area (Å²) in [5.74, 6) is 0.272. The minimum atomic E-state index is -0.271. The number of benzene rings is 3. The van der Waals surface area contributed by atoms with Gasteiger partial charge in [0.05, 0.1) is 17.3 Å². The second kappa shape index (κ2) is 15.9. The Morgan fingerprint density at radius 3 is 2.04 bits per heavy atom. The Morgan fingerprint density at radius 1 is 0.822 bits per heavy atom. The summed E-state index contributed by atoms with van der Waals surface area (Å²) >= 11 is 0. The molecule has 240 valence electrons. The molecule has 2 heterocycles. The van der Waals surface area contributed by atoms with E-state index in [0.717, 1.165) is 31.4 Å². The Labute approximate surface area is 269 Å². The van der Waals surface area contributed by atoms with E-state index in [0.29, 0.717) is 42.3 Å². The van der Waals surface area contributed by atoms with Crippen molar-refractivity contribution in [2.75, 3.05) is 37.4 Å². The van der Waals surface area contributed by atoms with Crippen LogP contribution in [0.3, 0.4) is 0 Å². The zero-order valence-electron chi connectivity index (χ0n) is 27.3. The van der Waals surface area contributed by atoms with Crippen LogP contribution < -0.4 is 20.9 Å². The van der Waals surface area contributed by atoms with Crippen molar-refractivity contribution in [3.05, 3.63) is 95.6 Å². The van der Waals surface area contributed by atoms with Crippen LogP contribution in [0.2, 0.25) is 0 Å². The minimum Gasteiger partial charge on any atom is -0.378 e. The summed E-state index contributed by atoms with van der Waals surface area (Å²) in [7, 11) is 3.91. The van der Waals surface area contributed by atoms with Crippen molar-refractivity contribution in [3.63, 3.8) is 0 Å². The fraction of sp³-hybridized carbons (Fsp3) is 0.474. The van der Waals surface area contributed by atoms with Gasteiger partial charge in [-0.05, 0) is 67.3 Å². The minimum absolute atomic E-state index is 0.144. The van der Waals surface area contributed by atoms with Crippen molar-refractivity contribution in [2.24, 2.45) is 5.92 Å². The SMILES string of the molecule is CCCCCCCNC(=O)Nc1ccc(N(C)C)cc1C(=O)NCC1CC2CCC(C1)N2C(c1ccccc1)c1ccccc1. The lowest BCUT2D eigenvalue weighted by atomic mass is 9.86. The fourth-order valence-corrected chi connectivity index (χ4v) is 7.26. The van der Waals surface area contributed by atoms with Crippen molar-refractivity contribution in [1.29, 1.82) is 0 Å². The quantitative estimate of drug-likeness (QED) is 0.165. The van der Waals surface area contributed by atoms with Crippen LogP contribution >= 0.6 is 0 Å². The first-order valence-electron chi connectivity index (χ1n) is 17.0. The monoisotopic (exact) mass is 609 g/mol. The zero-order valence-corrected chi connectivity index (χ0v) is 27.3. The van der Waals surface area contributed by atoms with Crippen LogP contribution in [-0.4, -0.2) is 56.1 Å². The predicted octanol–water partition coefficient (Wildman–Crippen LogP) is 7.61. The molecule has 45 heavy (non-hydrogen) atoms. The van der Waals surface area contributed by atoms with Crippen molar-refractivity contribution in [3.8, 4) is 0 Å². The molecule has 2 aliphatic heterocycles. The first kappa shape index (κ1) is 32.6. The number of nitrogens with zero attached hydrogens (tertiary/aromatic N) is 2. The van der Waals surface area contributed by atoms with E-state index in [1.54, 1.807) is 0 Å². The van der Waals surface area contributed by atoms with Gasteiger partial charge in [0, 0.05) is 45.0 Å². The average molecular weight is 610 g/mol. The number of piperidine rings is 1. The molecule has 0 radical (unpaired) electrons. The molecule has 5 rings (SSSR count). The van der Waals surface area contributed by atoms with E-state index < -0.39 is 0 Å². The molecular weight excluding hydrogens is 558 g/mol. The largest absolute Gasteiger partial charge is 0.378 e. The maximum atomic E-state index is 13.6. The molecule has 3 amide bonds. The van der Waals surface area contributed by atoms with Crippen molar-refractivity contribution in [2.45, 2.75) is 82.8 Å². The number of hydrogen-bond acceptors (Lipinski definition) is 4. The van der Waals surface area contributed by atoms with Crippen LogP contribution in [0.25, 0.3) is 0 Å². The molecule has 0 aromatic heterocycles. The first-order valence-corrected chi connectivity index (χ1v) is 17.0. The molecule has 3 aromatic carbocycles. The summed E-state index contributed by atoms with van der Waals surface area (Å²) in [5.41, 5.74) is 4.63. The van der Waals surface area contributed by atoms with E-state index in [9.17, 15) is 9.59 Å². The van der Waals surface area contributed by atoms with Crippen LogP contribution in [0.15, 0.2) is 78.9 Å². The lowest BCUT2D eigenvalue weighted by molar-refractivity contribution is 0.0709. The standard InChI is InChI=1S/C38H51N5O2/c1-4-5-6-7-14-23-39-38(45)41-35-22-21-31(42(2)3)26-34(35)37(44)40-27-28-24-32-19-20-33(25-28)43(32)36(29-15-10-8-11-16-29)30-17-12-9-13-18-30/h8-13,15-18,21-22,26,28,32-33,36H,4-7,14,19-20,23-25,27H2,1-3H3,(H,40,44)(H2,39,41,45). The molecule has 7 nitrogen and oxygen atoms in total. The molecule has 0 saturated carbocycles. The number of rotatable bonds is 14. The molecule has 0 spiro atoms. The molecule has 2 fully saturated rings. The Bertz CT molecular complexity index is 1330. The number of carbonyl (C=O) groups excluding carboxylic acids is 2. The highest BCUT2D eigenvalue weighted by atomic mass is 16.2. The lowest BCUT2D eigenvalue weighted by Gasteiger charge is -2.44. The van der Waals surface area contributed by atoms with E-state index in [2.05, 4.69) is 88.4 Å². The lowest BCUT2D eigenvalue weighted by Crippen LogP contribution is -2.47. The summed E-state index contributed by atoms with van der Waals surface area (Å²) in [6.45, 7) is 3.46. The van der Waals surface area contributed by atoms with Gasteiger partial charge in [-0.2, -0.15) is 0 Å². The third-order valence-corrected chi connectivity index (χ3v) is 9.55. The Morgan fingerprint density at radius 2 is 1.44 bits per heavy atom. The third kappa shape index (κ3) is 8.46. The third-order valence-electron chi connectivity index (χ3n) is 9.55. The van der Waals surface area contributed by atoms with Gasteiger partial charge in [0.1, 0.15) is 0 Å². The first-order chi connectivity index (χ1) is 21.9. The van der Waals surface area contributed by atoms with Gasteiger partial charge in [-0.25, -0.2) is 4.79 Å². The number of nitrogens with one attached hydrogen (secondary N) is 3. The van der Waals surface area contributed by atoms with Crippen LogP contribution in [0.1, 0.15) is 92.2 Å². The number of unbranched alkanes of at least 4 members (excludes halogenated alkanes) is 4. The maximum absolute atomic E-state index is 13.6. The average Bonchev–Trinajstić information content (AvgIpc) is 3.30. The molecular formula is C38H51N5O2. The topological polar surface area (TPSA) is 76.7 Å². The maximum Gasteiger partial charge on any atom is 0.319 e. The highest BCUT2D eigenvalue weighted by molar-refractivity contribution is 6.04. The number of urea groups is 1. The van der Waals surface area contributed by atoms with Crippen LogP contribution in [-0.2, 0) is 0 Å². The van der Waals surface area contributed by atoms with Gasteiger partial charge in [-0.3, -0.25) is 9.69 Å². The number of anilines is 2. The molecule has 2 unspecified atom stereocenters. The van der Waals surface area contributed by atoms with Gasteiger partial charge in [0.15, 0.2) is 0 Å². The van der Waals surface area contributed by atoms with E-state index in [4.69, 9.17) is 0 Å². The summed E-state index contributed by atoms with van der Waals surface area (Å²) < 4.78 is 0. The highest BCUT2D eigenvalue weighted by Gasteiger charge is 2.44. The Balaban J connectivity index is 1.22. The summed E-state index contributed by atoms with van der Waals surface area (Å²) in [5, 5.41) is 9.14. The van der Waals surface area contributed by atoms with Gasteiger partial charge in [-0.15, -0.1) is 0 Å². The molecule has 2 bridgehead atoms. The Kier molecular flexibility index (Phi) is 11.5. The van der Waals surface area contributed by atoms with Crippen LogP contribution in [0.4, 0.5) is 16.2 Å². The molecule has 3 N–H and O–H groups in total. The molecule has 0 aliphatic carbocycles. The van der Waals surface area contributed by atoms with Gasteiger partial charge in [-0.1, -0.05) is 93.3 Å². The van der Waals surface area contributed by atoms with Crippen molar-refractivity contribution in [1.82, 2.24) is 15.5 Å².